The van der Waals surface area contributed by atoms with E-state index in [1.165, 1.54) is 29.8 Å². The van der Waals surface area contributed by atoms with E-state index >= 15 is 0 Å². The molecule has 2 fully saturated rings. The van der Waals surface area contributed by atoms with Crippen molar-refractivity contribution >= 4 is 11.0 Å². The Morgan fingerprint density at radius 2 is 1.36 bits per heavy atom. The van der Waals surface area contributed by atoms with Gasteiger partial charge in [-0.2, -0.15) is 0 Å². The lowest BCUT2D eigenvalue weighted by Gasteiger charge is -2.36. The third-order valence-electron chi connectivity index (χ3n) is 7.52. The summed E-state index contributed by atoms with van der Waals surface area (Å²) in [5, 5.41) is 0. The van der Waals surface area contributed by atoms with Crippen LogP contribution in [0.2, 0.25) is 0 Å². The summed E-state index contributed by atoms with van der Waals surface area (Å²) in [6.45, 7) is 11.9. The fraction of sp³-hybridized carbons (Fsp3) is 0.367. The van der Waals surface area contributed by atoms with E-state index in [-0.39, 0.29) is 0 Å². The van der Waals surface area contributed by atoms with Crippen molar-refractivity contribution in [3.63, 3.8) is 0 Å². The second kappa shape index (κ2) is 10.9. The number of H-pyrrole nitrogens is 1. The maximum absolute atomic E-state index is 5.47. The molecule has 0 bridgehead atoms. The highest BCUT2D eigenvalue weighted by molar-refractivity contribution is 5.79. The molecule has 4 aromatic rings. The number of hydrogen-bond donors (Lipinski definition) is 1. The molecule has 0 spiro atoms. The summed E-state index contributed by atoms with van der Waals surface area (Å²) in [7, 11) is 0. The number of morpholine rings is 1. The zero-order valence-corrected chi connectivity index (χ0v) is 20.9. The largest absolute Gasteiger partial charge is 0.379 e. The SMILES string of the molecule is c1cc(CN2CCN(CCN3CCOCC3)CC2)cc(-c2ccc(-c3nc4ccccc4[nH]3)cc2)c1. The quantitative estimate of drug-likeness (QED) is 0.425. The molecule has 3 heterocycles. The monoisotopic (exact) mass is 481 g/mol. The predicted molar refractivity (Wildman–Crippen MR) is 146 cm³/mol. The molecule has 0 atom stereocenters. The Morgan fingerprint density at radius 1 is 0.667 bits per heavy atom. The Labute approximate surface area is 213 Å². The van der Waals surface area contributed by atoms with Crippen molar-refractivity contribution in [2.45, 2.75) is 6.54 Å². The molecule has 2 aliphatic rings. The topological polar surface area (TPSA) is 47.6 Å². The Bertz CT molecular complexity index is 1240. The molecular formula is C30H35N5O. The van der Waals surface area contributed by atoms with Gasteiger partial charge >= 0.3 is 0 Å². The van der Waals surface area contributed by atoms with Gasteiger partial charge in [-0.15, -0.1) is 0 Å². The van der Waals surface area contributed by atoms with Crippen molar-refractivity contribution in [3.8, 4) is 22.5 Å². The summed E-state index contributed by atoms with van der Waals surface area (Å²) in [6.07, 6.45) is 0. The van der Waals surface area contributed by atoms with Crippen molar-refractivity contribution in [2.24, 2.45) is 0 Å². The van der Waals surface area contributed by atoms with Gasteiger partial charge in [-0.05, 0) is 34.9 Å². The summed E-state index contributed by atoms with van der Waals surface area (Å²) in [6, 6.07) is 25.9. The van der Waals surface area contributed by atoms with Crippen molar-refractivity contribution in [3.05, 3.63) is 78.4 Å². The molecule has 6 heteroatoms. The van der Waals surface area contributed by atoms with Crippen LogP contribution in [0, 0.1) is 0 Å². The van der Waals surface area contributed by atoms with Crippen molar-refractivity contribution in [2.75, 3.05) is 65.6 Å². The number of benzene rings is 3. The number of aromatic nitrogens is 2. The normalized spacial score (nSPS) is 18.1. The Kier molecular flexibility index (Phi) is 7.10. The molecule has 6 rings (SSSR count). The Hall–Kier alpha value is -3.03. The molecule has 0 aliphatic carbocycles. The van der Waals surface area contributed by atoms with Crippen molar-refractivity contribution < 1.29 is 4.74 Å². The lowest BCUT2D eigenvalue weighted by Crippen LogP contribution is -2.49. The smallest absolute Gasteiger partial charge is 0.138 e. The molecule has 36 heavy (non-hydrogen) atoms. The zero-order chi connectivity index (χ0) is 24.2. The van der Waals surface area contributed by atoms with Gasteiger partial charge in [0.05, 0.1) is 24.2 Å². The first-order valence-corrected chi connectivity index (χ1v) is 13.2. The van der Waals surface area contributed by atoms with Gasteiger partial charge in [0, 0.05) is 64.5 Å². The van der Waals surface area contributed by atoms with Crippen LogP contribution in [0.15, 0.2) is 72.8 Å². The van der Waals surface area contributed by atoms with Gasteiger partial charge in [0.1, 0.15) is 5.82 Å². The van der Waals surface area contributed by atoms with Crippen LogP contribution < -0.4 is 0 Å². The highest BCUT2D eigenvalue weighted by Gasteiger charge is 2.18. The fourth-order valence-electron chi connectivity index (χ4n) is 5.30. The van der Waals surface area contributed by atoms with Crippen LogP contribution in [-0.4, -0.2) is 90.2 Å². The van der Waals surface area contributed by atoms with E-state index in [2.05, 4.69) is 74.3 Å². The molecule has 1 aromatic heterocycles. The molecular weight excluding hydrogens is 446 g/mol. The molecule has 2 aliphatic heterocycles. The third-order valence-corrected chi connectivity index (χ3v) is 7.52. The average Bonchev–Trinajstić information content (AvgIpc) is 3.38. The number of nitrogens with zero attached hydrogens (tertiary/aromatic N) is 4. The number of aromatic amines is 1. The first-order valence-electron chi connectivity index (χ1n) is 13.2. The van der Waals surface area contributed by atoms with Crippen LogP contribution in [0.5, 0.6) is 0 Å². The Balaban J connectivity index is 1.04. The van der Waals surface area contributed by atoms with Crippen molar-refractivity contribution in [1.29, 1.82) is 0 Å². The number of nitrogens with one attached hydrogen (secondary N) is 1. The van der Waals surface area contributed by atoms with Crippen LogP contribution in [0.3, 0.4) is 0 Å². The zero-order valence-electron chi connectivity index (χ0n) is 20.9. The second-order valence-corrected chi connectivity index (χ2v) is 9.95. The lowest BCUT2D eigenvalue weighted by molar-refractivity contribution is 0.0297. The van der Waals surface area contributed by atoms with E-state index in [9.17, 15) is 0 Å². The number of ether oxygens (including phenoxy) is 1. The molecule has 3 aromatic carbocycles. The third kappa shape index (κ3) is 5.52. The van der Waals surface area contributed by atoms with Gasteiger partial charge in [0.25, 0.3) is 0 Å². The minimum atomic E-state index is 0.887. The molecule has 0 amide bonds. The summed E-state index contributed by atoms with van der Waals surface area (Å²) < 4.78 is 5.47. The Morgan fingerprint density at radius 3 is 2.14 bits per heavy atom. The predicted octanol–water partition coefficient (Wildman–Crippen LogP) is 4.35. The first kappa shape index (κ1) is 23.4. The van der Waals surface area contributed by atoms with Gasteiger partial charge in [-0.3, -0.25) is 14.7 Å². The number of para-hydroxylation sites is 2. The summed E-state index contributed by atoms with van der Waals surface area (Å²) in [5.74, 6) is 0.917. The molecule has 2 saturated heterocycles. The molecule has 186 valence electrons. The highest BCUT2D eigenvalue weighted by Crippen LogP contribution is 2.26. The van der Waals surface area contributed by atoms with E-state index in [1.807, 2.05) is 18.2 Å². The maximum Gasteiger partial charge on any atom is 0.138 e. The second-order valence-electron chi connectivity index (χ2n) is 9.95. The minimum absolute atomic E-state index is 0.887. The highest BCUT2D eigenvalue weighted by atomic mass is 16.5. The molecule has 6 nitrogen and oxygen atoms in total. The van der Waals surface area contributed by atoms with Crippen molar-refractivity contribution in [1.82, 2.24) is 24.7 Å². The van der Waals surface area contributed by atoms with Crippen LogP contribution in [0.1, 0.15) is 5.56 Å². The summed E-state index contributed by atoms with van der Waals surface area (Å²) in [4.78, 5) is 15.9. The van der Waals surface area contributed by atoms with E-state index in [0.29, 0.717) is 0 Å². The summed E-state index contributed by atoms with van der Waals surface area (Å²) in [5.41, 5.74) is 7.08. The van der Waals surface area contributed by atoms with Gasteiger partial charge < -0.3 is 9.72 Å². The fourth-order valence-corrected chi connectivity index (χ4v) is 5.30. The van der Waals surface area contributed by atoms with Crippen LogP contribution in [0.4, 0.5) is 0 Å². The number of fused-ring (bicyclic) bond motifs is 1. The first-order chi connectivity index (χ1) is 17.8. The van der Waals surface area contributed by atoms with E-state index in [0.717, 1.165) is 81.4 Å². The van der Waals surface area contributed by atoms with E-state index in [4.69, 9.17) is 9.72 Å². The lowest BCUT2D eigenvalue weighted by atomic mass is 10.0. The standard InChI is InChI=1S/C30H35N5O/c1-2-7-29-28(6-1)31-30(32-29)26-10-8-25(9-11-26)27-5-3-4-24(22-27)23-35-16-14-33(15-17-35)12-13-34-18-20-36-21-19-34/h1-11,22H,12-21,23H2,(H,31,32). The number of imidazole rings is 1. The summed E-state index contributed by atoms with van der Waals surface area (Å²) >= 11 is 0. The van der Waals surface area contributed by atoms with Gasteiger partial charge in [0.15, 0.2) is 0 Å². The number of rotatable bonds is 7. The minimum Gasteiger partial charge on any atom is -0.379 e. The van der Waals surface area contributed by atoms with Gasteiger partial charge in [-0.1, -0.05) is 54.6 Å². The average molecular weight is 482 g/mol. The molecule has 1 N–H and O–H groups in total. The molecule has 0 saturated carbocycles. The maximum atomic E-state index is 5.47. The van der Waals surface area contributed by atoms with E-state index < -0.39 is 0 Å². The number of hydrogen-bond acceptors (Lipinski definition) is 5. The molecule has 0 unspecified atom stereocenters. The number of piperazine rings is 1. The van der Waals surface area contributed by atoms with Crippen LogP contribution >= 0.6 is 0 Å². The van der Waals surface area contributed by atoms with Crippen LogP contribution in [0.25, 0.3) is 33.5 Å². The van der Waals surface area contributed by atoms with Gasteiger partial charge in [0.2, 0.25) is 0 Å². The van der Waals surface area contributed by atoms with Gasteiger partial charge in [-0.25, -0.2) is 4.98 Å². The van der Waals surface area contributed by atoms with Crippen LogP contribution in [-0.2, 0) is 11.3 Å². The molecule has 0 radical (unpaired) electrons. The van der Waals surface area contributed by atoms with E-state index in [1.54, 1.807) is 0 Å².